The highest BCUT2D eigenvalue weighted by molar-refractivity contribution is 5.15. The van der Waals surface area contributed by atoms with E-state index in [1.54, 1.807) is 0 Å². The van der Waals surface area contributed by atoms with E-state index in [4.69, 9.17) is 5.73 Å². The van der Waals surface area contributed by atoms with Crippen LogP contribution in [0.4, 0.5) is 0 Å². The van der Waals surface area contributed by atoms with Crippen molar-refractivity contribution in [2.75, 3.05) is 0 Å². The van der Waals surface area contributed by atoms with Crippen LogP contribution in [0.15, 0.2) is 30.3 Å². The van der Waals surface area contributed by atoms with Gasteiger partial charge < -0.3 is 10.8 Å². The molecule has 2 heteroatoms. The smallest absolute Gasteiger partial charge is 0.0728 e. The molecule has 0 spiro atoms. The number of aliphatic hydroxyl groups is 1. The van der Waals surface area contributed by atoms with Crippen molar-refractivity contribution in [2.24, 2.45) is 5.73 Å². The van der Waals surface area contributed by atoms with E-state index in [0.29, 0.717) is 6.42 Å². The normalized spacial score (nSPS) is 15.6. The van der Waals surface area contributed by atoms with Crippen molar-refractivity contribution in [3.8, 4) is 0 Å². The molecule has 1 rings (SSSR count). The number of rotatable bonds is 3. The minimum Gasteiger partial charge on any atom is -0.391 e. The summed E-state index contributed by atoms with van der Waals surface area (Å²) in [5, 5.41) is 9.45. The lowest BCUT2D eigenvalue weighted by atomic mass is 10.0. The maximum absolute atomic E-state index is 9.45. The Bertz CT molecular complexity index is 221. The highest BCUT2D eigenvalue weighted by atomic mass is 16.3. The predicted octanol–water partition coefficient (Wildman–Crippen LogP) is 0.937. The van der Waals surface area contributed by atoms with Gasteiger partial charge in [0, 0.05) is 6.04 Å². The van der Waals surface area contributed by atoms with Gasteiger partial charge in [0.2, 0.25) is 0 Å². The average molecular weight is 165 g/mol. The van der Waals surface area contributed by atoms with Gasteiger partial charge in [-0.2, -0.15) is 0 Å². The van der Waals surface area contributed by atoms with Gasteiger partial charge in [0.1, 0.15) is 0 Å². The standard InChI is InChI=1S/C10H15NO/c1-8(11)10(12)7-9-5-3-2-4-6-9/h2-6,8,10,12H,7,11H2,1H3. The molecule has 0 aliphatic carbocycles. The molecule has 3 N–H and O–H groups in total. The van der Waals surface area contributed by atoms with Gasteiger partial charge in [-0.25, -0.2) is 0 Å². The number of hydrogen-bond acceptors (Lipinski definition) is 2. The maximum atomic E-state index is 9.45. The second-order valence-electron chi connectivity index (χ2n) is 3.12. The molecule has 0 aromatic heterocycles. The Labute approximate surface area is 73.0 Å². The Hall–Kier alpha value is -0.860. The van der Waals surface area contributed by atoms with Gasteiger partial charge in [-0.3, -0.25) is 0 Å². The van der Waals surface area contributed by atoms with Crippen LogP contribution in [0.5, 0.6) is 0 Å². The minimum atomic E-state index is -0.438. The van der Waals surface area contributed by atoms with Gasteiger partial charge in [0.05, 0.1) is 6.10 Å². The Balaban J connectivity index is 2.53. The molecule has 12 heavy (non-hydrogen) atoms. The van der Waals surface area contributed by atoms with Gasteiger partial charge in [-0.05, 0) is 18.9 Å². The molecule has 0 amide bonds. The highest BCUT2D eigenvalue weighted by Crippen LogP contribution is 2.04. The van der Waals surface area contributed by atoms with Gasteiger partial charge in [-0.1, -0.05) is 30.3 Å². The van der Waals surface area contributed by atoms with Crippen LogP contribution in [0.1, 0.15) is 12.5 Å². The van der Waals surface area contributed by atoms with E-state index < -0.39 is 6.10 Å². The molecular formula is C10H15NO. The third-order valence-electron chi connectivity index (χ3n) is 1.89. The van der Waals surface area contributed by atoms with Crippen LogP contribution < -0.4 is 5.73 Å². The Morgan fingerprint density at radius 1 is 1.33 bits per heavy atom. The molecular weight excluding hydrogens is 150 g/mol. The number of aliphatic hydroxyl groups excluding tert-OH is 1. The fraction of sp³-hybridized carbons (Fsp3) is 0.400. The largest absolute Gasteiger partial charge is 0.391 e. The van der Waals surface area contributed by atoms with Crippen LogP contribution in [0.2, 0.25) is 0 Å². The number of benzene rings is 1. The minimum absolute atomic E-state index is 0.162. The van der Waals surface area contributed by atoms with Gasteiger partial charge in [0.15, 0.2) is 0 Å². The molecule has 0 bridgehead atoms. The van der Waals surface area contributed by atoms with Gasteiger partial charge in [0.25, 0.3) is 0 Å². The summed E-state index contributed by atoms with van der Waals surface area (Å²) >= 11 is 0. The molecule has 2 unspecified atom stereocenters. The van der Waals surface area contributed by atoms with Gasteiger partial charge in [-0.15, -0.1) is 0 Å². The van der Waals surface area contributed by atoms with Crippen molar-refractivity contribution >= 4 is 0 Å². The van der Waals surface area contributed by atoms with Crippen LogP contribution in [-0.2, 0) is 6.42 Å². The topological polar surface area (TPSA) is 46.2 Å². The first-order valence-corrected chi connectivity index (χ1v) is 4.17. The second kappa shape index (κ2) is 4.24. The van der Waals surface area contributed by atoms with Crippen LogP contribution in [0.3, 0.4) is 0 Å². The van der Waals surface area contributed by atoms with Gasteiger partial charge >= 0.3 is 0 Å². The molecule has 1 aromatic rings. The van der Waals surface area contributed by atoms with E-state index in [2.05, 4.69) is 0 Å². The third-order valence-corrected chi connectivity index (χ3v) is 1.89. The summed E-state index contributed by atoms with van der Waals surface area (Å²) in [7, 11) is 0. The summed E-state index contributed by atoms with van der Waals surface area (Å²) in [5.41, 5.74) is 6.66. The molecule has 2 nitrogen and oxygen atoms in total. The average Bonchev–Trinajstić information content (AvgIpc) is 2.06. The summed E-state index contributed by atoms with van der Waals surface area (Å²) in [6.45, 7) is 1.81. The molecule has 0 saturated carbocycles. The van der Waals surface area contributed by atoms with Crippen molar-refractivity contribution in [2.45, 2.75) is 25.5 Å². The SMILES string of the molecule is CC(N)C(O)Cc1ccccc1. The summed E-state index contributed by atoms with van der Waals surface area (Å²) in [5.74, 6) is 0. The van der Waals surface area contributed by atoms with Crippen LogP contribution in [0, 0.1) is 0 Å². The lowest BCUT2D eigenvalue weighted by Crippen LogP contribution is -2.32. The van der Waals surface area contributed by atoms with E-state index in [0.717, 1.165) is 5.56 Å². The molecule has 0 saturated heterocycles. The molecule has 0 radical (unpaired) electrons. The van der Waals surface area contributed by atoms with Crippen molar-refractivity contribution in [3.63, 3.8) is 0 Å². The molecule has 0 aliphatic heterocycles. The number of hydrogen-bond donors (Lipinski definition) is 2. The van der Waals surface area contributed by atoms with Crippen molar-refractivity contribution in [3.05, 3.63) is 35.9 Å². The molecule has 0 heterocycles. The van der Waals surface area contributed by atoms with Crippen molar-refractivity contribution < 1.29 is 5.11 Å². The van der Waals surface area contributed by atoms with E-state index >= 15 is 0 Å². The lowest BCUT2D eigenvalue weighted by molar-refractivity contribution is 0.151. The van der Waals surface area contributed by atoms with Crippen LogP contribution in [-0.4, -0.2) is 17.3 Å². The summed E-state index contributed by atoms with van der Waals surface area (Å²) < 4.78 is 0. The Kier molecular flexibility index (Phi) is 3.26. The van der Waals surface area contributed by atoms with E-state index in [9.17, 15) is 5.11 Å². The second-order valence-corrected chi connectivity index (χ2v) is 3.12. The van der Waals surface area contributed by atoms with Crippen molar-refractivity contribution in [1.29, 1.82) is 0 Å². The summed E-state index contributed by atoms with van der Waals surface area (Å²) in [4.78, 5) is 0. The van der Waals surface area contributed by atoms with Crippen LogP contribution in [0.25, 0.3) is 0 Å². The van der Waals surface area contributed by atoms with E-state index in [1.165, 1.54) is 0 Å². The fourth-order valence-corrected chi connectivity index (χ4v) is 1.04. The maximum Gasteiger partial charge on any atom is 0.0728 e. The summed E-state index contributed by atoms with van der Waals surface area (Å²) in [6, 6.07) is 9.70. The first-order chi connectivity index (χ1) is 5.70. The molecule has 66 valence electrons. The zero-order chi connectivity index (χ0) is 8.97. The summed E-state index contributed by atoms with van der Waals surface area (Å²) in [6.07, 6.45) is 0.200. The molecule has 0 aliphatic rings. The third kappa shape index (κ3) is 2.64. The zero-order valence-electron chi connectivity index (χ0n) is 7.27. The first-order valence-electron chi connectivity index (χ1n) is 4.17. The molecule has 2 atom stereocenters. The zero-order valence-corrected chi connectivity index (χ0v) is 7.27. The quantitative estimate of drug-likeness (QED) is 0.700. The monoisotopic (exact) mass is 165 g/mol. The molecule has 0 fully saturated rings. The number of nitrogens with two attached hydrogens (primary N) is 1. The first kappa shape index (κ1) is 9.23. The lowest BCUT2D eigenvalue weighted by Gasteiger charge is -2.13. The Morgan fingerprint density at radius 2 is 1.92 bits per heavy atom. The van der Waals surface area contributed by atoms with Crippen molar-refractivity contribution in [1.82, 2.24) is 0 Å². The predicted molar refractivity (Wildman–Crippen MR) is 49.8 cm³/mol. The van der Waals surface area contributed by atoms with Crippen LogP contribution >= 0.6 is 0 Å². The molecule has 1 aromatic carbocycles. The Morgan fingerprint density at radius 3 is 2.42 bits per heavy atom. The fourth-order valence-electron chi connectivity index (χ4n) is 1.04. The highest BCUT2D eigenvalue weighted by Gasteiger charge is 2.09. The van der Waals surface area contributed by atoms with E-state index in [-0.39, 0.29) is 6.04 Å². The van der Waals surface area contributed by atoms with E-state index in [1.807, 2.05) is 37.3 Å².